The molecule has 0 amide bonds. The summed E-state index contributed by atoms with van der Waals surface area (Å²) in [5, 5.41) is 0. The van der Waals surface area contributed by atoms with Gasteiger partial charge in [-0.15, -0.1) is 0 Å². The first-order valence-electron chi connectivity index (χ1n) is 10.5. The molecule has 1 saturated carbocycles. The minimum atomic E-state index is -0.0440. The number of esters is 1. The standard InChI is InChI=1S/C20H36N2O5/c1-4-26-19(23)15-7-9-16(10-8-15)27-20(21-11-5-6-12-21)22-13-17(24-2)18(14-22)25-3/h15-18,20H,4-14H2,1-3H3/t15?,16?,17-,18-,20?/m1/s1. The van der Waals surface area contributed by atoms with Crippen LogP contribution in [0.4, 0.5) is 0 Å². The summed E-state index contributed by atoms with van der Waals surface area (Å²) in [6, 6.07) is 0. The average Bonchev–Trinajstić information content (AvgIpc) is 3.36. The van der Waals surface area contributed by atoms with E-state index < -0.39 is 0 Å². The second-order valence-corrected chi connectivity index (χ2v) is 7.93. The zero-order chi connectivity index (χ0) is 19.2. The van der Waals surface area contributed by atoms with Crippen molar-refractivity contribution < 1.29 is 23.7 Å². The molecule has 0 aromatic carbocycles. The van der Waals surface area contributed by atoms with Gasteiger partial charge < -0.3 is 18.9 Å². The SMILES string of the molecule is CCOC(=O)C1CCC(OC(N2CCCC2)N2C[C@@H](OC)[C@H](OC)C2)CC1. The molecule has 2 saturated heterocycles. The summed E-state index contributed by atoms with van der Waals surface area (Å²) >= 11 is 0. The quantitative estimate of drug-likeness (QED) is 0.592. The Labute approximate surface area is 163 Å². The van der Waals surface area contributed by atoms with Gasteiger partial charge in [0.1, 0.15) is 0 Å². The third-order valence-electron chi connectivity index (χ3n) is 6.22. The van der Waals surface area contributed by atoms with Gasteiger partial charge in [-0.25, -0.2) is 0 Å². The Bertz CT molecular complexity index is 451. The minimum Gasteiger partial charge on any atom is -0.466 e. The van der Waals surface area contributed by atoms with E-state index in [0.29, 0.717) is 6.61 Å². The van der Waals surface area contributed by atoms with Crippen molar-refractivity contribution in [2.75, 3.05) is 47.0 Å². The van der Waals surface area contributed by atoms with E-state index in [1.165, 1.54) is 12.8 Å². The lowest BCUT2D eigenvalue weighted by Crippen LogP contribution is -2.50. The molecule has 3 aliphatic rings. The van der Waals surface area contributed by atoms with Crippen LogP contribution in [0.1, 0.15) is 45.4 Å². The Kier molecular flexibility index (Phi) is 7.90. The van der Waals surface area contributed by atoms with Crippen molar-refractivity contribution in [2.24, 2.45) is 5.92 Å². The topological polar surface area (TPSA) is 60.5 Å². The van der Waals surface area contributed by atoms with E-state index in [9.17, 15) is 4.79 Å². The molecule has 27 heavy (non-hydrogen) atoms. The molecule has 3 fully saturated rings. The van der Waals surface area contributed by atoms with Gasteiger partial charge in [-0.05, 0) is 45.4 Å². The van der Waals surface area contributed by atoms with Crippen LogP contribution in [-0.4, -0.2) is 87.4 Å². The number of rotatable bonds is 8. The number of carbonyl (C=O) groups excluding carboxylic acids is 1. The van der Waals surface area contributed by atoms with E-state index in [1.54, 1.807) is 14.2 Å². The third-order valence-corrected chi connectivity index (χ3v) is 6.22. The van der Waals surface area contributed by atoms with Crippen LogP contribution in [0.5, 0.6) is 0 Å². The molecular weight excluding hydrogens is 348 g/mol. The molecule has 3 atom stereocenters. The lowest BCUT2D eigenvalue weighted by molar-refractivity contribution is -0.182. The van der Waals surface area contributed by atoms with Crippen LogP contribution in [0.2, 0.25) is 0 Å². The van der Waals surface area contributed by atoms with E-state index >= 15 is 0 Å². The first-order valence-corrected chi connectivity index (χ1v) is 10.5. The van der Waals surface area contributed by atoms with Crippen LogP contribution in [0, 0.1) is 5.92 Å². The first-order chi connectivity index (χ1) is 13.2. The zero-order valence-electron chi connectivity index (χ0n) is 17.1. The second kappa shape index (κ2) is 10.2. The van der Waals surface area contributed by atoms with Gasteiger partial charge in [0.2, 0.25) is 0 Å². The molecule has 7 nitrogen and oxygen atoms in total. The fraction of sp³-hybridized carbons (Fsp3) is 0.950. The number of nitrogens with zero attached hydrogens (tertiary/aromatic N) is 2. The van der Waals surface area contributed by atoms with E-state index in [2.05, 4.69) is 9.80 Å². The predicted molar refractivity (Wildman–Crippen MR) is 101 cm³/mol. The maximum absolute atomic E-state index is 12.0. The summed E-state index contributed by atoms with van der Waals surface area (Å²) in [7, 11) is 3.51. The Morgan fingerprint density at radius 2 is 1.56 bits per heavy atom. The summed E-state index contributed by atoms with van der Waals surface area (Å²) in [6.45, 7) is 6.14. The van der Waals surface area contributed by atoms with Crippen molar-refractivity contribution >= 4 is 5.97 Å². The molecule has 0 bridgehead atoms. The van der Waals surface area contributed by atoms with Gasteiger partial charge in [0.25, 0.3) is 0 Å². The highest BCUT2D eigenvalue weighted by Gasteiger charge is 2.41. The van der Waals surface area contributed by atoms with Crippen LogP contribution in [0.15, 0.2) is 0 Å². The summed E-state index contributed by atoms with van der Waals surface area (Å²) in [5.74, 6) is -0.00461. The van der Waals surface area contributed by atoms with Crippen LogP contribution < -0.4 is 0 Å². The molecule has 2 heterocycles. The molecule has 0 N–H and O–H groups in total. The summed E-state index contributed by atoms with van der Waals surface area (Å²) in [4.78, 5) is 16.8. The van der Waals surface area contributed by atoms with E-state index in [0.717, 1.165) is 51.9 Å². The highest BCUT2D eigenvalue weighted by molar-refractivity contribution is 5.72. The lowest BCUT2D eigenvalue weighted by atomic mass is 9.87. The van der Waals surface area contributed by atoms with Gasteiger partial charge >= 0.3 is 5.97 Å². The highest BCUT2D eigenvalue weighted by atomic mass is 16.5. The lowest BCUT2D eigenvalue weighted by Gasteiger charge is -2.39. The fourth-order valence-electron chi connectivity index (χ4n) is 4.64. The van der Waals surface area contributed by atoms with Gasteiger partial charge in [0.15, 0.2) is 6.35 Å². The molecule has 0 aromatic heterocycles. The molecule has 0 aromatic rings. The molecule has 0 radical (unpaired) electrons. The van der Waals surface area contributed by atoms with Crippen molar-refractivity contribution in [3.8, 4) is 0 Å². The Morgan fingerprint density at radius 3 is 2.07 bits per heavy atom. The molecule has 7 heteroatoms. The van der Waals surface area contributed by atoms with Crippen molar-refractivity contribution in [1.29, 1.82) is 0 Å². The van der Waals surface area contributed by atoms with E-state index in [4.69, 9.17) is 18.9 Å². The van der Waals surface area contributed by atoms with Crippen molar-refractivity contribution in [3.05, 3.63) is 0 Å². The molecule has 3 rings (SSSR count). The number of ether oxygens (including phenoxy) is 4. The number of carbonyl (C=O) groups is 1. The minimum absolute atomic E-state index is 0.0190. The third kappa shape index (κ3) is 5.21. The van der Waals surface area contributed by atoms with Crippen LogP contribution in [0.25, 0.3) is 0 Å². The maximum atomic E-state index is 12.0. The molecule has 156 valence electrons. The predicted octanol–water partition coefficient (Wildman–Crippen LogP) is 1.85. The smallest absolute Gasteiger partial charge is 0.308 e. The van der Waals surface area contributed by atoms with Crippen molar-refractivity contribution in [3.63, 3.8) is 0 Å². The number of hydrogen-bond acceptors (Lipinski definition) is 7. The van der Waals surface area contributed by atoms with Gasteiger partial charge in [-0.3, -0.25) is 14.6 Å². The fourth-order valence-corrected chi connectivity index (χ4v) is 4.64. The van der Waals surface area contributed by atoms with Gasteiger partial charge in [-0.2, -0.15) is 0 Å². The highest BCUT2D eigenvalue weighted by Crippen LogP contribution is 2.31. The Balaban J connectivity index is 1.58. The number of hydrogen-bond donors (Lipinski definition) is 0. The Hall–Kier alpha value is -0.730. The molecule has 2 aliphatic heterocycles. The van der Waals surface area contributed by atoms with Crippen molar-refractivity contribution in [2.45, 2.75) is 70.1 Å². The summed E-state index contributed by atoms with van der Waals surface area (Å²) < 4.78 is 23.0. The summed E-state index contributed by atoms with van der Waals surface area (Å²) in [5.41, 5.74) is 0. The van der Waals surface area contributed by atoms with Crippen molar-refractivity contribution in [1.82, 2.24) is 9.80 Å². The zero-order valence-corrected chi connectivity index (χ0v) is 17.1. The van der Waals surface area contributed by atoms with Crippen LogP contribution in [0.3, 0.4) is 0 Å². The second-order valence-electron chi connectivity index (χ2n) is 7.93. The average molecular weight is 385 g/mol. The van der Waals surface area contributed by atoms with Gasteiger partial charge in [-0.1, -0.05) is 0 Å². The molecule has 0 spiro atoms. The molecule has 1 unspecified atom stereocenters. The monoisotopic (exact) mass is 384 g/mol. The Morgan fingerprint density at radius 1 is 0.963 bits per heavy atom. The maximum Gasteiger partial charge on any atom is 0.308 e. The molecule has 1 aliphatic carbocycles. The van der Waals surface area contributed by atoms with Crippen LogP contribution in [-0.2, 0) is 23.7 Å². The first kappa shape index (κ1) is 21.0. The normalized spacial score (nSPS) is 34.0. The van der Waals surface area contributed by atoms with Gasteiger partial charge in [0, 0.05) is 40.4 Å². The largest absolute Gasteiger partial charge is 0.466 e. The van der Waals surface area contributed by atoms with E-state index in [-0.39, 0.29) is 36.6 Å². The number of methoxy groups -OCH3 is 2. The molecular formula is C20H36N2O5. The van der Waals surface area contributed by atoms with Crippen LogP contribution >= 0.6 is 0 Å². The van der Waals surface area contributed by atoms with Gasteiger partial charge in [0.05, 0.1) is 30.8 Å². The van der Waals surface area contributed by atoms with E-state index in [1.807, 2.05) is 6.92 Å². The summed E-state index contributed by atoms with van der Waals surface area (Å²) in [6.07, 6.45) is 6.36. The number of likely N-dealkylation sites (tertiary alicyclic amines) is 2.